The van der Waals surface area contributed by atoms with Crippen LogP contribution in [0.15, 0.2) is 17.0 Å². The quantitative estimate of drug-likeness (QED) is 0.723. The van der Waals surface area contributed by atoms with Crippen LogP contribution in [-0.2, 0) is 4.79 Å². The molecule has 2 amide bonds. The Labute approximate surface area is 111 Å². The molecule has 0 aliphatic carbocycles. The number of hydrogen-bond donors (Lipinski definition) is 0. The van der Waals surface area contributed by atoms with Gasteiger partial charge in [-0.3, -0.25) is 14.5 Å². The van der Waals surface area contributed by atoms with Crippen molar-refractivity contribution in [1.82, 2.24) is 19.7 Å². The molecular weight excluding hydrogens is 248 g/mol. The summed E-state index contributed by atoms with van der Waals surface area (Å²) in [4.78, 5) is 33.1. The summed E-state index contributed by atoms with van der Waals surface area (Å²) in [6, 6.07) is -0.310. The molecule has 1 aliphatic heterocycles. The summed E-state index contributed by atoms with van der Waals surface area (Å²) in [5, 5.41) is 0. The summed E-state index contributed by atoms with van der Waals surface area (Å²) in [7, 11) is 5.32. The van der Waals surface area contributed by atoms with E-state index < -0.39 is 0 Å². The minimum absolute atomic E-state index is 0.00225. The highest BCUT2D eigenvalue weighted by Gasteiger charge is 2.34. The molecule has 7 heteroatoms. The van der Waals surface area contributed by atoms with Gasteiger partial charge in [0, 0.05) is 33.7 Å². The van der Waals surface area contributed by atoms with E-state index in [2.05, 4.69) is 4.98 Å². The fourth-order valence-electron chi connectivity index (χ4n) is 2.10. The molecule has 19 heavy (non-hydrogen) atoms. The van der Waals surface area contributed by atoms with Gasteiger partial charge in [-0.1, -0.05) is 0 Å². The highest BCUT2D eigenvalue weighted by molar-refractivity contribution is 5.92. The van der Waals surface area contributed by atoms with Crippen LogP contribution in [0.4, 0.5) is 0 Å². The van der Waals surface area contributed by atoms with Crippen LogP contribution < -0.4 is 0 Å². The van der Waals surface area contributed by atoms with Gasteiger partial charge in [-0.25, -0.2) is 4.98 Å². The van der Waals surface area contributed by atoms with Crippen molar-refractivity contribution in [3.05, 3.63) is 18.4 Å². The molecule has 1 aliphatic rings. The highest BCUT2D eigenvalue weighted by Crippen LogP contribution is 2.13. The zero-order valence-electron chi connectivity index (χ0n) is 11.4. The van der Waals surface area contributed by atoms with Crippen LogP contribution in [0.3, 0.4) is 0 Å². The van der Waals surface area contributed by atoms with Gasteiger partial charge in [0.2, 0.25) is 11.7 Å². The lowest BCUT2D eigenvalue weighted by atomic mass is 10.1. The van der Waals surface area contributed by atoms with Crippen LogP contribution in [0, 0.1) is 0 Å². The monoisotopic (exact) mass is 266 g/mol. The predicted molar refractivity (Wildman–Crippen MR) is 67.5 cm³/mol. The van der Waals surface area contributed by atoms with Gasteiger partial charge in [-0.15, -0.1) is 0 Å². The van der Waals surface area contributed by atoms with Gasteiger partial charge >= 0.3 is 0 Å². The maximum Gasteiger partial charge on any atom is 0.291 e. The van der Waals surface area contributed by atoms with Gasteiger partial charge in [-0.05, 0) is 7.05 Å². The molecule has 0 unspecified atom stereocenters. The van der Waals surface area contributed by atoms with E-state index in [0.29, 0.717) is 19.6 Å². The summed E-state index contributed by atoms with van der Waals surface area (Å²) >= 11 is 0. The van der Waals surface area contributed by atoms with Crippen LogP contribution in [0.1, 0.15) is 10.6 Å². The molecule has 7 nitrogen and oxygen atoms in total. The molecular formula is C12H18N4O3. The van der Waals surface area contributed by atoms with E-state index in [0.717, 1.165) is 0 Å². The van der Waals surface area contributed by atoms with Crippen LogP contribution >= 0.6 is 0 Å². The van der Waals surface area contributed by atoms with Gasteiger partial charge in [0.25, 0.3) is 5.91 Å². The van der Waals surface area contributed by atoms with Crippen molar-refractivity contribution in [3.63, 3.8) is 0 Å². The fraction of sp³-hybridized carbons (Fsp3) is 0.583. The third kappa shape index (κ3) is 2.76. The first-order valence-electron chi connectivity index (χ1n) is 6.10. The lowest BCUT2D eigenvalue weighted by molar-refractivity contribution is -0.135. The van der Waals surface area contributed by atoms with Crippen molar-refractivity contribution in [2.75, 3.05) is 40.8 Å². The summed E-state index contributed by atoms with van der Waals surface area (Å²) < 4.78 is 5.01. The lowest BCUT2D eigenvalue weighted by Crippen LogP contribution is -2.58. The third-order valence-corrected chi connectivity index (χ3v) is 3.30. The molecule has 1 fully saturated rings. The summed E-state index contributed by atoms with van der Waals surface area (Å²) in [6.07, 6.45) is 2.62. The Balaban J connectivity index is 2.09. The maximum atomic E-state index is 12.2. The Morgan fingerprint density at radius 3 is 2.74 bits per heavy atom. The Kier molecular flexibility index (Phi) is 3.84. The van der Waals surface area contributed by atoms with E-state index in [1.165, 1.54) is 12.6 Å². The molecule has 2 rings (SSSR count). The molecule has 0 aromatic carbocycles. The minimum atomic E-state index is -0.310. The first-order valence-corrected chi connectivity index (χ1v) is 6.10. The summed E-state index contributed by atoms with van der Waals surface area (Å²) in [5.41, 5.74) is 0. The number of nitrogens with zero attached hydrogens (tertiary/aromatic N) is 4. The molecule has 104 valence electrons. The Bertz CT molecular complexity index is 458. The van der Waals surface area contributed by atoms with Crippen LogP contribution in [-0.4, -0.2) is 78.3 Å². The van der Waals surface area contributed by atoms with E-state index >= 15 is 0 Å². The normalized spacial score (nSPS) is 20.4. The Morgan fingerprint density at radius 1 is 1.42 bits per heavy atom. The second kappa shape index (κ2) is 5.40. The molecule has 0 saturated carbocycles. The van der Waals surface area contributed by atoms with E-state index in [4.69, 9.17) is 4.42 Å². The highest BCUT2D eigenvalue weighted by atomic mass is 16.3. The number of piperazine rings is 1. The number of amides is 2. The van der Waals surface area contributed by atoms with Crippen LogP contribution in [0.2, 0.25) is 0 Å². The van der Waals surface area contributed by atoms with Gasteiger partial charge in [0.1, 0.15) is 6.04 Å². The number of likely N-dealkylation sites (N-methyl/N-ethyl adjacent to an activating group) is 2. The molecule has 0 spiro atoms. The molecule has 2 heterocycles. The van der Waals surface area contributed by atoms with E-state index in [9.17, 15) is 9.59 Å². The molecule has 1 aromatic heterocycles. The number of hydrogen-bond acceptors (Lipinski definition) is 5. The minimum Gasteiger partial charge on any atom is -0.438 e. The van der Waals surface area contributed by atoms with Crippen molar-refractivity contribution in [2.24, 2.45) is 0 Å². The molecule has 1 aromatic rings. The maximum absolute atomic E-state index is 12.2. The first-order chi connectivity index (χ1) is 9.00. The Hall–Kier alpha value is -1.89. The van der Waals surface area contributed by atoms with Crippen LogP contribution in [0.25, 0.3) is 0 Å². The standard InChI is InChI=1S/C12H18N4O3/c1-14(2)11(17)9-7-16(5-4-15(9)3)12(18)10-6-13-8-19-10/h6,8-9H,4-5,7H2,1-3H3/t9-/m1/s1. The largest absolute Gasteiger partial charge is 0.438 e. The average molecular weight is 266 g/mol. The van der Waals surface area contributed by atoms with Gasteiger partial charge < -0.3 is 14.2 Å². The van der Waals surface area contributed by atoms with Gasteiger partial charge in [0.15, 0.2) is 6.39 Å². The van der Waals surface area contributed by atoms with E-state index in [1.807, 2.05) is 11.9 Å². The number of carbonyl (C=O) groups is 2. The predicted octanol–water partition coefficient (Wildman–Crippen LogP) is -0.481. The number of rotatable bonds is 2. The van der Waals surface area contributed by atoms with Crippen molar-refractivity contribution >= 4 is 11.8 Å². The molecule has 1 saturated heterocycles. The molecule has 0 radical (unpaired) electrons. The van der Waals surface area contributed by atoms with Crippen LogP contribution in [0.5, 0.6) is 0 Å². The topological polar surface area (TPSA) is 69.9 Å². The zero-order valence-corrected chi connectivity index (χ0v) is 11.4. The fourth-order valence-corrected chi connectivity index (χ4v) is 2.10. The summed E-state index contributed by atoms with van der Waals surface area (Å²) in [5.74, 6) is -0.0136. The van der Waals surface area contributed by atoms with Crippen molar-refractivity contribution in [3.8, 4) is 0 Å². The van der Waals surface area contributed by atoms with Crippen molar-refractivity contribution in [1.29, 1.82) is 0 Å². The average Bonchev–Trinajstić information content (AvgIpc) is 2.91. The van der Waals surface area contributed by atoms with E-state index in [-0.39, 0.29) is 23.6 Å². The van der Waals surface area contributed by atoms with Crippen molar-refractivity contribution < 1.29 is 14.0 Å². The molecule has 1 atom stereocenters. The lowest BCUT2D eigenvalue weighted by Gasteiger charge is -2.39. The number of carbonyl (C=O) groups excluding carboxylic acids is 2. The van der Waals surface area contributed by atoms with Gasteiger partial charge in [-0.2, -0.15) is 0 Å². The zero-order chi connectivity index (χ0) is 14.0. The molecule has 0 bridgehead atoms. The van der Waals surface area contributed by atoms with Gasteiger partial charge in [0.05, 0.1) is 6.20 Å². The van der Waals surface area contributed by atoms with E-state index in [1.54, 1.807) is 23.9 Å². The molecule has 0 N–H and O–H groups in total. The second-order valence-electron chi connectivity index (χ2n) is 4.85. The third-order valence-electron chi connectivity index (χ3n) is 3.30. The Morgan fingerprint density at radius 2 is 2.16 bits per heavy atom. The number of aromatic nitrogens is 1. The SMILES string of the molecule is CN(C)C(=O)[C@H]1CN(C(=O)c2cnco2)CCN1C. The smallest absolute Gasteiger partial charge is 0.291 e. The first kappa shape index (κ1) is 13.5. The van der Waals surface area contributed by atoms with Crippen molar-refractivity contribution in [2.45, 2.75) is 6.04 Å². The number of oxazole rings is 1. The summed E-state index contributed by atoms with van der Waals surface area (Å²) in [6.45, 7) is 1.60. The second-order valence-corrected chi connectivity index (χ2v) is 4.85.